The summed E-state index contributed by atoms with van der Waals surface area (Å²) < 4.78 is 14.9. The molecule has 0 aliphatic carbocycles. The lowest BCUT2D eigenvalue weighted by molar-refractivity contribution is -0.116. The molecule has 2 N–H and O–H groups in total. The Hall–Kier alpha value is -3.81. The fraction of sp³-hybridized carbons (Fsp3) is 0.143. The van der Waals surface area contributed by atoms with Gasteiger partial charge in [-0.1, -0.05) is 36.4 Å². The summed E-state index contributed by atoms with van der Waals surface area (Å²) >= 11 is 0. The number of fused-ring (bicyclic) bond motifs is 1. The molecule has 8 heteroatoms. The van der Waals surface area contributed by atoms with Crippen LogP contribution in [0.3, 0.4) is 0 Å². The van der Waals surface area contributed by atoms with Gasteiger partial charge in [0.2, 0.25) is 5.91 Å². The standard InChI is InChI=1S/C21H19FN6O/c22-16-7-4-8-17(13-16)24-21(29)12-11-20-26-25-19-10-9-18(27-28(19)20)23-14-15-5-2-1-3-6-15/h1-10,13H,11-12,14H2,(H,23,27)(H,24,29). The van der Waals surface area contributed by atoms with Crippen molar-refractivity contribution in [2.24, 2.45) is 0 Å². The average Bonchev–Trinajstić information content (AvgIpc) is 3.14. The van der Waals surface area contributed by atoms with Crippen molar-refractivity contribution in [2.45, 2.75) is 19.4 Å². The minimum atomic E-state index is -0.397. The van der Waals surface area contributed by atoms with Gasteiger partial charge in [-0.3, -0.25) is 4.79 Å². The fourth-order valence-electron chi connectivity index (χ4n) is 2.89. The average molecular weight is 390 g/mol. The van der Waals surface area contributed by atoms with Gasteiger partial charge in [-0.15, -0.1) is 15.3 Å². The van der Waals surface area contributed by atoms with E-state index in [0.29, 0.717) is 35.9 Å². The van der Waals surface area contributed by atoms with Crippen molar-refractivity contribution in [3.63, 3.8) is 0 Å². The minimum Gasteiger partial charge on any atom is -0.365 e. The van der Waals surface area contributed by atoms with E-state index in [1.165, 1.54) is 12.1 Å². The van der Waals surface area contributed by atoms with Crippen LogP contribution >= 0.6 is 0 Å². The number of aromatic nitrogens is 4. The smallest absolute Gasteiger partial charge is 0.224 e. The molecule has 0 atom stereocenters. The Morgan fingerprint density at radius 1 is 1.00 bits per heavy atom. The molecule has 0 bridgehead atoms. The van der Waals surface area contributed by atoms with E-state index < -0.39 is 5.82 Å². The zero-order chi connectivity index (χ0) is 20.1. The summed E-state index contributed by atoms with van der Waals surface area (Å²) in [5.41, 5.74) is 2.18. The van der Waals surface area contributed by atoms with Gasteiger partial charge in [0.25, 0.3) is 0 Å². The second-order valence-electron chi connectivity index (χ2n) is 6.50. The summed E-state index contributed by atoms with van der Waals surface area (Å²) in [7, 11) is 0. The quantitative estimate of drug-likeness (QED) is 0.505. The molecular formula is C21H19FN6O. The van der Waals surface area contributed by atoms with Crippen LogP contribution in [0.25, 0.3) is 5.65 Å². The van der Waals surface area contributed by atoms with Crippen molar-refractivity contribution >= 4 is 23.1 Å². The van der Waals surface area contributed by atoms with E-state index in [4.69, 9.17) is 0 Å². The molecule has 7 nitrogen and oxygen atoms in total. The maximum Gasteiger partial charge on any atom is 0.224 e. The van der Waals surface area contributed by atoms with Gasteiger partial charge in [0.15, 0.2) is 11.5 Å². The Balaban J connectivity index is 1.40. The van der Waals surface area contributed by atoms with Gasteiger partial charge in [0.1, 0.15) is 11.6 Å². The number of anilines is 2. The number of halogens is 1. The molecule has 146 valence electrons. The first-order chi connectivity index (χ1) is 14.2. The second-order valence-corrected chi connectivity index (χ2v) is 6.50. The predicted octanol–water partition coefficient (Wildman–Crippen LogP) is 3.45. The van der Waals surface area contributed by atoms with Crippen LogP contribution in [0.2, 0.25) is 0 Å². The van der Waals surface area contributed by atoms with Crippen LogP contribution < -0.4 is 10.6 Å². The molecule has 4 aromatic rings. The van der Waals surface area contributed by atoms with Gasteiger partial charge in [-0.25, -0.2) is 4.39 Å². The highest BCUT2D eigenvalue weighted by molar-refractivity contribution is 5.90. The van der Waals surface area contributed by atoms with Crippen molar-refractivity contribution < 1.29 is 9.18 Å². The summed E-state index contributed by atoms with van der Waals surface area (Å²) in [6.07, 6.45) is 0.540. The van der Waals surface area contributed by atoms with Gasteiger partial charge in [0, 0.05) is 25.1 Å². The molecule has 0 spiro atoms. The number of amides is 1. The lowest BCUT2D eigenvalue weighted by Crippen LogP contribution is -2.14. The number of benzene rings is 2. The summed E-state index contributed by atoms with van der Waals surface area (Å²) in [6, 6.07) is 19.5. The molecule has 0 fully saturated rings. The molecule has 1 amide bonds. The first-order valence-corrected chi connectivity index (χ1v) is 9.22. The third-order valence-electron chi connectivity index (χ3n) is 4.33. The molecule has 0 saturated carbocycles. The van der Waals surface area contributed by atoms with E-state index in [9.17, 15) is 9.18 Å². The van der Waals surface area contributed by atoms with Gasteiger partial charge in [-0.05, 0) is 35.9 Å². The Morgan fingerprint density at radius 2 is 1.86 bits per heavy atom. The molecule has 2 heterocycles. The molecule has 0 unspecified atom stereocenters. The van der Waals surface area contributed by atoms with Crippen LogP contribution in [0.5, 0.6) is 0 Å². The van der Waals surface area contributed by atoms with Crippen LogP contribution in [0, 0.1) is 5.82 Å². The summed E-state index contributed by atoms with van der Waals surface area (Å²) in [4.78, 5) is 12.2. The molecular weight excluding hydrogens is 371 g/mol. The lowest BCUT2D eigenvalue weighted by atomic mass is 10.2. The zero-order valence-electron chi connectivity index (χ0n) is 15.5. The molecule has 0 saturated heterocycles. The van der Waals surface area contributed by atoms with Crippen LogP contribution in [-0.2, 0) is 17.8 Å². The number of aryl methyl sites for hydroxylation is 1. The highest BCUT2D eigenvalue weighted by Crippen LogP contribution is 2.12. The van der Waals surface area contributed by atoms with E-state index in [1.54, 1.807) is 16.6 Å². The number of rotatable bonds is 7. The number of carbonyl (C=O) groups is 1. The predicted molar refractivity (Wildman–Crippen MR) is 108 cm³/mol. The molecule has 0 radical (unpaired) electrons. The Bertz CT molecular complexity index is 1130. The van der Waals surface area contributed by atoms with Crippen LogP contribution in [0.4, 0.5) is 15.9 Å². The fourth-order valence-corrected chi connectivity index (χ4v) is 2.89. The van der Waals surface area contributed by atoms with Crippen molar-refractivity contribution in [1.29, 1.82) is 0 Å². The van der Waals surface area contributed by atoms with Crippen molar-refractivity contribution in [3.05, 3.63) is 83.9 Å². The van der Waals surface area contributed by atoms with E-state index in [1.807, 2.05) is 42.5 Å². The van der Waals surface area contributed by atoms with Crippen LogP contribution in [0.1, 0.15) is 17.8 Å². The normalized spacial score (nSPS) is 10.8. The molecule has 0 aliphatic rings. The Morgan fingerprint density at radius 3 is 2.69 bits per heavy atom. The Kier molecular flexibility index (Phi) is 5.42. The van der Waals surface area contributed by atoms with Crippen molar-refractivity contribution in [3.8, 4) is 0 Å². The largest absolute Gasteiger partial charge is 0.365 e. The summed E-state index contributed by atoms with van der Waals surface area (Å²) in [5, 5.41) is 18.7. The number of hydrogen-bond donors (Lipinski definition) is 2. The number of nitrogens with zero attached hydrogens (tertiary/aromatic N) is 4. The van der Waals surface area contributed by atoms with E-state index in [2.05, 4.69) is 25.9 Å². The third kappa shape index (κ3) is 4.73. The molecule has 2 aromatic carbocycles. The SMILES string of the molecule is O=C(CCc1nnc2ccc(NCc3ccccc3)nn12)Nc1cccc(F)c1. The van der Waals surface area contributed by atoms with Crippen molar-refractivity contribution in [1.82, 2.24) is 19.8 Å². The van der Waals surface area contributed by atoms with E-state index in [0.717, 1.165) is 5.56 Å². The maximum atomic E-state index is 13.2. The lowest BCUT2D eigenvalue weighted by Gasteiger charge is -2.07. The monoisotopic (exact) mass is 390 g/mol. The molecule has 29 heavy (non-hydrogen) atoms. The Labute approximate surface area is 166 Å². The third-order valence-corrected chi connectivity index (χ3v) is 4.33. The first-order valence-electron chi connectivity index (χ1n) is 9.22. The molecule has 2 aromatic heterocycles. The highest BCUT2D eigenvalue weighted by Gasteiger charge is 2.11. The van der Waals surface area contributed by atoms with E-state index >= 15 is 0 Å². The van der Waals surface area contributed by atoms with Crippen LogP contribution in [-0.4, -0.2) is 25.7 Å². The number of hydrogen-bond acceptors (Lipinski definition) is 5. The second kappa shape index (κ2) is 8.47. The van der Waals surface area contributed by atoms with Gasteiger partial charge < -0.3 is 10.6 Å². The van der Waals surface area contributed by atoms with Gasteiger partial charge >= 0.3 is 0 Å². The van der Waals surface area contributed by atoms with E-state index in [-0.39, 0.29) is 12.3 Å². The zero-order valence-corrected chi connectivity index (χ0v) is 15.5. The summed E-state index contributed by atoms with van der Waals surface area (Å²) in [6.45, 7) is 0.646. The topological polar surface area (TPSA) is 84.2 Å². The van der Waals surface area contributed by atoms with Crippen molar-refractivity contribution in [2.75, 3.05) is 10.6 Å². The van der Waals surface area contributed by atoms with Crippen LogP contribution in [0.15, 0.2) is 66.7 Å². The van der Waals surface area contributed by atoms with Gasteiger partial charge in [-0.2, -0.15) is 4.52 Å². The summed E-state index contributed by atoms with van der Waals surface area (Å²) in [5.74, 6) is 0.640. The molecule has 0 aliphatic heterocycles. The molecule has 4 rings (SSSR count). The first kappa shape index (κ1) is 18.5. The number of nitrogens with one attached hydrogen (secondary N) is 2. The minimum absolute atomic E-state index is 0.181. The van der Waals surface area contributed by atoms with Gasteiger partial charge in [0.05, 0.1) is 0 Å². The number of carbonyl (C=O) groups excluding carboxylic acids is 1. The maximum absolute atomic E-state index is 13.2. The highest BCUT2D eigenvalue weighted by atomic mass is 19.1.